The second-order valence-corrected chi connectivity index (χ2v) is 6.08. The first kappa shape index (κ1) is 14.2. The second kappa shape index (κ2) is 5.58. The molecule has 110 valence electrons. The van der Waals surface area contributed by atoms with Crippen molar-refractivity contribution in [3.05, 3.63) is 35.9 Å². The number of thiocarbonyl (C=S) groups is 1. The molecule has 1 saturated heterocycles. The Morgan fingerprint density at radius 3 is 2.90 bits per heavy atom. The molecule has 1 aliphatic heterocycles. The van der Waals surface area contributed by atoms with Gasteiger partial charge in [-0.3, -0.25) is 0 Å². The lowest BCUT2D eigenvalue weighted by molar-refractivity contribution is 0.136. The van der Waals surface area contributed by atoms with Gasteiger partial charge in [-0.25, -0.2) is 4.98 Å². The molecule has 1 aliphatic rings. The third-order valence-electron chi connectivity index (χ3n) is 4.20. The third kappa shape index (κ3) is 2.71. The van der Waals surface area contributed by atoms with Crippen molar-refractivity contribution in [3.8, 4) is 0 Å². The van der Waals surface area contributed by atoms with Crippen LogP contribution in [-0.2, 0) is 0 Å². The van der Waals surface area contributed by atoms with Crippen molar-refractivity contribution >= 4 is 33.9 Å². The summed E-state index contributed by atoms with van der Waals surface area (Å²) in [6.07, 6.45) is 0.694. The number of benzene rings is 1. The molecule has 1 aromatic carbocycles. The highest BCUT2D eigenvalue weighted by Gasteiger charge is 2.27. The average Bonchev–Trinajstić information content (AvgIpc) is 2.96. The van der Waals surface area contributed by atoms with Gasteiger partial charge in [0.2, 0.25) is 0 Å². The van der Waals surface area contributed by atoms with Gasteiger partial charge < -0.3 is 15.7 Å². The SMILES string of the molecule is CC(O)C1CCN(c2cc(C(N)=S)c3ccccc3n2)C1. The minimum Gasteiger partial charge on any atom is -0.393 e. The molecule has 3 N–H and O–H groups in total. The lowest BCUT2D eigenvalue weighted by Crippen LogP contribution is -2.25. The van der Waals surface area contributed by atoms with Crippen LogP contribution in [0.1, 0.15) is 18.9 Å². The molecule has 0 amide bonds. The van der Waals surface area contributed by atoms with Gasteiger partial charge in [-0.1, -0.05) is 30.4 Å². The van der Waals surface area contributed by atoms with Gasteiger partial charge >= 0.3 is 0 Å². The van der Waals surface area contributed by atoms with Crippen LogP contribution in [0.3, 0.4) is 0 Å². The summed E-state index contributed by atoms with van der Waals surface area (Å²) in [5, 5.41) is 10.7. The van der Waals surface area contributed by atoms with Crippen LogP contribution in [0.4, 0.5) is 5.82 Å². The maximum Gasteiger partial charge on any atom is 0.129 e. The van der Waals surface area contributed by atoms with E-state index in [1.54, 1.807) is 0 Å². The molecule has 0 radical (unpaired) electrons. The molecule has 2 aromatic rings. The maximum atomic E-state index is 9.74. The van der Waals surface area contributed by atoms with Crippen LogP contribution in [0.5, 0.6) is 0 Å². The van der Waals surface area contributed by atoms with Crippen LogP contribution < -0.4 is 10.6 Å². The number of nitrogens with zero attached hydrogens (tertiary/aromatic N) is 2. The average molecular weight is 301 g/mol. The van der Waals surface area contributed by atoms with Crippen molar-refractivity contribution in [2.75, 3.05) is 18.0 Å². The maximum absolute atomic E-state index is 9.74. The fraction of sp³-hybridized carbons (Fsp3) is 0.375. The van der Waals surface area contributed by atoms with Crippen molar-refractivity contribution in [2.24, 2.45) is 11.7 Å². The minimum absolute atomic E-state index is 0.287. The van der Waals surface area contributed by atoms with E-state index in [2.05, 4.69) is 4.90 Å². The summed E-state index contributed by atoms with van der Waals surface area (Å²) in [5.41, 5.74) is 7.64. The first-order chi connectivity index (χ1) is 10.1. The van der Waals surface area contributed by atoms with E-state index in [-0.39, 0.29) is 6.10 Å². The van der Waals surface area contributed by atoms with E-state index in [9.17, 15) is 5.11 Å². The quantitative estimate of drug-likeness (QED) is 0.850. The first-order valence-electron chi connectivity index (χ1n) is 7.19. The summed E-state index contributed by atoms with van der Waals surface area (Å²) in [6.45, 7) is 3.57. The Labute approximate surface area is 129 Å². The monoisotopic (exact) mass is 301 g/mol. The number of aliphatic hydroxyl groups excluding tert-OH is 1. The standard InChI is InChI=1S/C16H19N3OS/c1-10(20)11-6-7-19(9-11)15-8-13(16(17)21)12-4-2-3-5-14(12)18-15/h2-5,8,10-11,20H,6-7,9H2,1H3,(H2,17,21). The van der Waals surface area contributed by atoms with Gasteiger partial charge in [-0.15, -0.1) is 0 Å². The molecule has 2 heterocycles. The van der Waals surface area contributed by atoms with Crippen molar-refractivity contribution in [3.63, 3.8) is 0 Å². The number of aliphatic hydroxyl groups is 1. The molecule has 0 spiro atoms. The number of fused-ring (bicyclic) bond motifs is 1. The van der Waals surface area contributed by atoms with Gasteiger partial charge in [0.25, 0.3) is 0 Å². The summed E-state index contributed by atoms with van der Waals surface area (Å²) in [5.74, 6) is 1.19. The van der Waals surface area contributed by atoms with Crippen molar-refractivity contribution in [1.29, 1.82) is 0 Å². The van der Waals surface area contributed by atoms with E-state index < -0.39 is 0 Å². The van der Waals surface area contributed by atoms with Crippen LogP contribution in [-0.4, -0.2) is 34.3 Å². The predicted molar refractivity (Wildman–Crippen MR) is 89.6 cm³/mol. The summed E-state index contributed by atoms with van der Waals surface area (Å²) >= 11 is 5.18. The molecule has 4 nitrogen and oxygen atoms in total. The minimum atomic E-state index is -0.287. The Morgan fingerprint density at radius 2 is 2.24 bits per heavy atom. The fourth-order valence-electron chi connectivity index (χ4n) is 2.92. The Hall–Kier alpha value is -1.72. The number of aromatic nitrogens is 1. The molecule has 0 saturated carbocycles. The molecule has 1 fully saturated rings. The largest absolute Gasteiger partial charge is 0.393 e. The van der Waals surface area contributed by atoms with Gasteiger partial charge in [0.1, 0.15) is 10.8 Å². The van der Waals surface area contributed by atoms with E-state index in [4.69, 9.17) is 22.9 Å². The molecule has 2 atom stereocenters. The second-order valence-electron chi connectivity index (χ2n) is 5.64. The zero-order valence-corrected chi connectivity index (χ0v) is 12.8. The lowest BCUT2D eigenvalue weighted by atomic mass is 10.0. The number of anilines is 1. The Morgan fingerprint density at radius 1 is 1.48 bits per heavy atom. The summed E-state index contributed by atoms with van der Waals surface area (Å²) in [6, 6.07) is 9.86. The number of rotatable bonds is 3. The lowest BCUT2D eigenvalue weighted by Gasteiger charge is -2.20. The topological polar surface area (TPSA) is 62.4 Å². The van der Waals surface area contributed by atoms with E-state index in [1.165, 1.54) is 0 Å². The summed E-state index contributed by atoms with van der Waals surface area (Å²) in [7, 11) is 0. The van der Waals surface area contributed by atoms with Gasteiger partial charge in [0.15, 0.2) is 0 Å². The zero-order valence-electron chi connectivity index (χ0n) is 12.0. The highest BCUT2D eigenvalue weighted by atomic mass is 32.1. The van der Waals surface area contributed by atoms with E-state index in [1.807, 2.05) is 37.3 Å². The number of nitrogens with two attached hydrogens (primary N) is 1. The van der Waals surface area contributed by atoms with Crippen LogP contribution in [0, 0.1) is 5.92 Å². The number of pyridine rings is 1. The van der Waals surface area contributed by atoms with Crippen molar-refractivity contribution in [2.45, 2.75) is 19.4 Å². The van der Waals surface area contributed by atoms with E-state index in [0.29, 0.717) is 10.9 Å². The normalized spacial score (nSPS) is 19.9. The number of hydrogen-bond acceptors (Lipinski definition) is 4. The summed E-state index contributed by atoms with van der Waals surface area (Å²) < 4.78 is 0. The molecule has 3 rings (SSSR count). The van der Waals surface area contributed by atoms with Crippen molar-refractivity contribution < 1.29 is 5.11 Å². The Kier molecular flexibility index (Phi) is 3.78. The first-order valence-corrected chi connectivity index (χ1v) is 7.59. The van der Waals surface area contributed by atoms with Gasteiger partial charge in [0.05, 0.1) is 11.6 Å². The number of para-hydroxylation sites is 1. The Bertz CT molecular complexity index is 686. The van der Waals surface area contributed by atoms with Gasteiger partial charge in [0, 0.05) is 30.0 Å². The van der Waals surface area contributed by atoms with Crippen LogP contribution >= 0.6 is 12.2 Å². The predicted octanol–water partition coefficient (Wildman–Crippen LogP) is 2.08. The van der Waals surface area contributed by atoms with Crippen LogP contribution in [0.2, 0.25) is 0 Å². The van der Waals surface area contributed by atoms with Gasteiger partial charge in [-0.05, 0) is 25.5 Å². The third-order valence-corrected chi connectivity index (χ3v) is 4.42. The molecular weight excluding hydrogens is 282 g/mol. The molecule has 1 aromatic heterocycles. The molecule has 5 heteroatoms. The van der Waals surface area contributed by atoms with E-state index >= 15 is 0 Å². The highest BCUT2D eigenvalue weighted by molar-refractivity contribution is 7.80. The van der Waals surface area contributed by atoms with Crippen molar-refractivity contribution in [1.82, 2.24) is 4.98 Å². The molecule has 2 unspecified atom stereocenters. The highest BCUT2D eigenvalue weighted by Crippen LogP contribution is 2.28. The summed E-state index contributed by atoms with van der Waals surface area (Å²) in [4.78, 5) is 7.31. The smallest absolute Gasteiger partial charge is 0.129 e. The van der Waals surface area contributed by atoms with Gasteiger partial charge in [-0.2, -0.15) is 0 Å². The molecule has 0 bridgehead atoms. The van der Waals surface area contributed by atoms with E-state index in [0.717, 1.165) is 41.8 Å². The number of hydrogen-bond donors (Lipinski definition) is 2. The molecule has 0 aliphatic carbocycles. The Balaban J connectivity index is 2.02. The van der Waals surface area contributed by atoms with Crippen LogP contribution in [0.25, 0.3) is 10.9 Å². The molecule has 21 heavy (non-hydrogen) atoms. The fourth-order valence-corrected chi connectivity index (χ4v) is 3.09. The van der Waals surface area contributed by atoms with Crippen LogP contribution in [0.15, 0.2) is 30.3 Å². The zero-order chi connectivity index (χ0) is 15.0. The molecular formula is C16H19N3OS.